The van der Waals surface area contributed by atoms with Gasteiger partial charge in [0.25, 0.3) is 5.91 Å². The SMILES string of the molecule is Cc1ncsc1-c1ccc(C(C)NC(=O)C2C[CH-]CN2C(=O)[C@@H](NC(=O)C2(F)CC2)C(C)(C)C)cc1.[Na+]. The van der Waals surface area contributed by atoms with Gasteiger partial charge in [0, 0.05) is 0 Å². The fourth-order valence-corrected chi connectivity index (χ4v) is 5.24. The van der Waals surface area contributed by atoms with E-state index in [2.05, 4.69) is 15.6 Å². The van der Waals surface area contributed by atoms with Gasteiger partial charge in [-0.3, -0.25) is 14.4 Å². The molecule has 0 bridgehead atoms. The van der Waals surface area contributed by atoms with Crippen LogP contribution in [0.3, 0.4) is 0 Å². The summed E-state index contributed by atoms with van der Waals surface area (Å²) in [5.74, 6) is -1.37. The maximum atomic E-state index is 14.3. The third-order valence-corrected chi connectivity index (χ3v) is 7.92. The van der Waals surface area contributed by atoms with Crippen LogP contribution in [0.25, 0.3) is 10.4 Å². The van der Waals surface area contributed by atoms with Crippen molar-refractivity contribution < 1.29 is 48.3 Å². The fraction of sp³-hybridized carbons (Fsp3) is 0.519. The summed E-state index contributed by atoms with van der Waals surface area (Å²) in [4.78, 5) is 46.0. The molecule has 7 nitrogen and oxygen atoms in total. The van der Waals surface area contributed by atoms with E-state index < -0.39 is 29.1 Å². The van der Waals surface area contributed by atoms with Crippen molar-refractivity contribution in [1.82, 2.24) is 20.5 Å². The van der Waals surface area contributed by atoms with Crippen molar-refractivity contribution in [3.63, 3.8) is 0 Å². The Morgan fingerprint density at radius 2 is 1.84 bits per heavy atom. The van der Waals surface area contributed by atoms with Crippen LogP contribution in [0, 0.1) is 18.8 Å². The molecule has 0 radical (unpaired) electrons. The number of benzene rings is 1. The Bertz CT molecular complexity index is 1140. The first kappa shape index (κ1) is 29.7. The second-order valence-corrected chi connectivity index (χ2v) is 11.7. The zero-order valence-electron chi connectivity index (χ0n) is 22.4. The van der Waals surface area contributed by atoms with Crippen molar-refractivity contribution in [1.29, 1.82) is 0 Å². The van der Waals surface area contributed by atoms with E-state index in [1.165, 1.54) is 4.90 Å². The largest absolute Gasteiger partial charge is 1.00 e. The van der Waals surface area contributed by atoms with Crippen molar-refractivity contribution >= 4 is 29.1 Å². The Balaban J connectivity index is 0.00000380. The van der Waals surface area contributed by atoms with Crippen LogP contribution in [-0.2, 0) is 14.4 Å². The van der Waals surface area contributed by atoms with Crippen LogP contribution < -0.4 is 40.2 Å². The summed E-state index contributed by atoms with van der Waals surface area (Å²) in [6.07, 6.45) is 2.66. The summed E-state index contributed by atoms with van der Waals surface area (Å²) >= 11 is 1.59. The first-order valence-electron chi connectivity index (χ1n) is 12.3. The van der Waals surface area contributed by atoms with E-state index >= 15 is 0 Å². The molecule has 2 fully saturated rings. The first-order chi connectivity index (χ1) is 16.9. The van der Waals surface area contributed by atoms with Crippen molar-refractivity contribution in [2.45, 2.75) is 77.7 Å². The molecule has 1 saturated heterocycles. The van der Waals surface area contributed by atoms with Gasteiger partial charge in [-0.2, -0.15) is 0 Å². The summed E-state index contributed by atoms with van der Waals surface area (Å²) in [5, 5.41) is 5.66. The molecule has 1 saturated carbocycles. The second-order valence-electron chi connectivity index (χ2n) is 10.9. The number of aryl methyl sites for hydroxylation is 1. The topological polar surface area (TPSA) is 91.4 Å². The summed E-state index contributed by atoms with van der Waals surface area (Å²) in [5.41, 5.74) is 2.32. The van der Waals surface area contributed by atoms with Gasteiger partial charge in [0.15, 0.2) is 5.67 Å². The van der Waals surface area contributed by atoms with E-state index in [-0.39, 0.29) is 60.3 Å². The number of likely N-dealkylation sites (tertiary alicyclic amines) is 1. The molecule has 3 atom stereocenters. The molecule has 1 aromatic carbocycles. The van der Waals surface area contributed by atoms with Crippen molar-refractivity contribution in [2.75, 3.05) is 6.54 Å². The van der Waals surface area contributed by atoms with E-state index in [1.807, 2.05) is 70.8 Å². The van der Waals surface area contributed by atoms with Crippen molar-refractivity contribution in [2.24, 2.45) is 5.41 Å². The molecule has 1 aromatic heterocycles. The minimum Gasteiger partial charge on any atom is -0.361 e. The summed E-state index contributed by atoms with van der Waals surface area (Å²) in [6.45, 7) is 9.65. The zero-order chi connectivity index (χ0) is 26.3. The van der Waals surface area contributed by atoms with E-state index in [4.69, 9.17) is 0 Å². The number of nitrogens with zero attached hydrogens (tertiary/aromatic N) is 2. The van der Waals surface area contributed by atoms with Gasteiger partial charge in [-0.25, -0.2) is 9.37 Å². The predicted molar refractivity (Wildman–Crippen MR) is 138 cm³/mol. The molecule has 4 rings (SSSR count). The predicted octanol–water partition coefficient (Wildman–Crippen LogP) is 1.14. The van der Waals surface area contributed by atoms with Crippen LogP contribution in [0.4, 0.5) is 4.39 Å². The van der Waals surface area contributed by atoms with Crippen LogP contribution in [0.2, 0.25) is 0 Å². The number of hydrogen-bond donors (Lipinski definition) is 2. The zero-order valence-corrected chi connectivity index (χ0v) is 25.2. The molecule has 2 N–H and O–H groups in total. The van der Waals surface area contributed by atoms with Crippen LogP contribution in [0.15, 0.2) is 29.8 Å². The molecular weight excluding hydrogens is 502 g/mol. The van der Waals surface area contributed by atoms with E-state index in [0.29, 0.717) is 13.0 Å². The van der Waals surface area contributed by atoms with Crippen LogP contribution in [0.1, 0.15) is 64.3 Å². The quantitative estimate of drug-likeness (QED) is 0.410. The molecule has 194 valence electrons. The number of aromatic nitrogens is 1. The number of rotatable bonds is 7. The van der Waals surface area contributed by atoms with Crippen molar-refractivity contribution in [3.05, 3.63) is 47.5 Å². The van der Waals surface area contributed by atoms with Gasteiger partial charge in [-0.05, 0) is 43.2 Å². The second kappa shape index (κ2) is 11.5. The standard InChI is InChI=1S/C27H34FN4O3S.Na/c1-16(18-8-10-19(11-9-18)21-17(2)29-15-36-21)30-23(33)20-7-6-14-32(20)24(34)22(26(3,4)5)31-25(35)27(28)12-13-27;/h6,8-11,15-16,20,22H,7,12-14H2,1-5H3,(H,30,33)(H,31,35);/q-1;+1/t16?,20?,22-;/m1./s1. The van der Waals surface area contributed by atoms with Gasteiger partial charge < -0.3 is 22.0 Å². The molecule has 1 aliphatic carbocycles. The number of carbonyl (C=O) groups excluding carboxylic acids is 3. The van der Waals surface area contributed by atoms with E-state index in [1.54, 1.807) is 11.3 Å². The van der Waals surface area contributed by atoms with Gasteiger partial charge in [0.05, 0.1) is 28.2 Å². The molecule has 2 aromatic rings. The third-order valence-electron chi connectivity index (χ3n) is 6.94. The number of amides is 3. The maximum absolute atomic E-state index is 14.3. The molecule has 10 heteroatoms. The number of halogens is 1. The smallest absolute Gasteiger partial charge is 0.361 e. The number of carbonyl (C=O) groups is 3. The minimum atomic E-state index is -1.87. The summed E-state index contributed by atoms with van der Waals surface area (Å²) in [6, 6.07) is 6.14. The van der Waals surface area contributed by atoms with Crippen molar-refractivity contribution in [3.8, 4) is 10.4 Å². The molecule has 2 heterocycles. The van der Waals surface area contributed by atoms with Gasteiger partial charge >= 0.3 is 29.6 Å². The van der Waals surface area contributed by atoms with E-state index in [0.717, 1.165) is 21.7 Å². The fourth-order valence-electron chi connectivity index (χ4n) is 4.42. The molecule has 2 unspecified atom stereocenters. The Morgan fingerprint density at radius 1 is 1.19 bits per heavy atom. The van der Waals surface area contributed by atoms with Gasteiger partial charge in [-0.1, -0.05) is 45.0 Å². The molecule has 37 heavy (non-hydrogen) atoms. The number of nitrogens with one attached hydrogen (secondary N) is 2. The Morgan fingerprint density at radius 3 is 2.38 bits per heavy atom. The molecule has 1 aliphatic heterocycles. The van der Waals surface area contributed by atoms with Gasteiger partial charge in [0.2, 0.25) is 11.8 Å². The van der Waals surface area contributed by atoms with Gasteiger partial charge in [-0.15, -0.1) is 24.3 Å². The normalized spacial score (nSPS) is 19.9. The molecular formula is C27H34FN4NaO3S. The average molecular weight is 537 g/mol. The first-order valence-corrected chi connectivity index (χ1v) is 13.2. The van der Waals surface area contributed by atoms with E-state index in [9.17, 15) is 18.8 Å². The minimum absolute atomic E-state index is 0. The molecule has 2 aliphatic rings. The Labute approximate surface area is 244 Å². The van der Waals surface area contributed by atoms with Crippen LogP contribution in [0.5, 0.6) is 0 Å². The Hall–Kier alpha value is -1.81. The molecule has 0 spiro atoms. The van der Waals surface area contributed by atoms with Crippen LogP contribution in [-0.4, -0.2) is 51.9 Å². The van der Waals surface area contributed by atoms with Gasteiger partial charge in [0.1, 0.15) is 6.04 Å². The number of alkyl halides is 1. The maximum Gasteiger partial charge on any atom is 1.00 e. The van der Waals surface area contributed by atoms with Crippen LogP contribution >= 0.6 is 11.3 Å². The average Bonchev–Trinajstić information content (AvgIpc) is 3.21. The molecule has 3 amide bonds. The monoisotopic (exact) mass is 536 g/mol. The number of thiazole rings is 1. The summed E-state index contributed by atoms with van der Waals surface area (Å²) < 4.78 is 14.3. The summed E-state index contributed by atoms with van der Waals surface area (Å²) in [7, 11) is 0. The third kappa shape index (κ3) is 6.61. The Kier molecular flexibility index (Phi) is 9.26. The number of hydrogen-bond acceptors (Lipinski definition) is 5.